The number of benzene rings is 2. The molecular weight excluding hydrogens is 473 g/mol. The Morgan fingerprint density at radius 3 is 2.69 bits per heavy atom. The Kier molecular flexibility index (Phi) is 6.36. The number of carbonyl (C=O) groups is 2. The van der Waals surface area contributed by atoms with E-state index >= 15 is 0 Å². The summed E-state index contributed by atoms with van der Waals surface area (Å²) >= 11 is 13.5. The van der Waals surface area contributed by atoms with E-state index in [4.69, 9.17) is 32.7 Å². The number of nitrogens with zero attached hydrogens (tertiary/aromatic N) is 2. The molecule has 0 aliphatic rings. The maximum absolute atomic E-state index is 12.6. The van der Waals surface area contributed by atoms with Gasteiger partial charge in [0.1, 0.15) is 15.5 Å². The first-order valence-corrected chi connectivity index (χ1v) is 11.0. The van der Waals surface area contributed by atoms with Crippen LogP contribution in [-0.2, 0) is 9.53 Å². The van der Waals surface area contributed by atoms with Gasteiger partial charge in [0.05, 0.1) is 29.2 Å². The maximum Gasteiger partial charge on any atom is 0.348 e. The number of carbonyl (C=O) groups excluding carboxylic acids is 2. The summed E-state index contributed by atoms with van der Waals surface area (Å²) in [6, 6.07) is 13.8. The number of hydrogen-bond donors (Lipinski definition) is 1. The summed E-state index contributed by atoms with van der Waals surface area (Å²) < 4.78 is 12.1. The van der Waals surface area contributed by atoms with Gasteiger partial charge in [0.25, 0.3) is 5.91 Å². The molecule has 0 radical (unpaired) electrons. The number of esters is 1. The molecule has 0 aliphatic carbocycles. The number of aryl methyl sites for hydroxylation is 1. The Morgan fingerprint density at radius 1 is 1.16 bits per heavy atom. The highest BCUT2D eigenvalue weighted by atomic mass is 35.5. The van der Waals surface area contributed by atoms with Crippen LogP contribution in [0.15, 0.2) is 48.5 Å². The van der Waals surface area contributed by atoms with Gasteiger partial charge in [-0.05, 0) is 43.3 Å². The Bertz CT molecular complexity index is 1330. The zero-order valence-electron chi connectivity index (χ0n) is 17.0. The number of hydrogen-bond acceptors (Lipinski definition) is 6. The second-order valence-corrected chi connectivity index (χ2v) is 8.62. The number of halogens is 2. The fourth-order valence-electron chi connectivity index (χ4n) is 3.10. The molecule has 7 nitrogen and oxygen atoms in total. The van der Waals surface area contributed by atoms with Gasteiger partial charge in [-0.2, -0.15) is 5.10 Å². The molecule has 0 unspecified atom stereocenters. The van der Waals surface area contributed by atoms with Crippen LogP contribution in [0.1, 0.15) is 15.4 Å². The number of rotatable bonds is 6. The van der Waals surface area contributed by atoms with Crippen molar-refractivity contribution in [2.24, 2.45) is 0 Å². The van der Waals surface area contributed by atoms with Crippen molar-refractivity contribution < 1.29 is 19.1 Å². The van der Waals surface area contributed by atoms with Gasteiger partial charge >= 0.3 is 5.97 Å². The van der Waals surface area contributed by atoms with E-state index in [0.29, 0.717) is 32.0 Å². The van der Waals surface area contributed by atoms with Gasteiger partial charge in [-0.1, -0.05) is 35.3 Å². The van der Waals surface area contributed by atoms with E-state index in [0.717, 1.165) is 15.9 Å². The standard InChI is InChI=1S/C22H17Cl2N3O4S/c1-12-14-10-19(32-21(14)27(26-12)17-6-4-3-5-15(17)24)22(29)31-11-20(28)25-16-9-13(23)7-8-18(16)30-2/h3-10H,11H2,1-2H3,(H,25,28). The molecule has 10 heteroatoms. The summed E-state index contributed by atoms with van der Waals surface area (Å²) in [4.78, 5) is 26.0. The zero-order chi connectivity index (χ0) is 22.8. The molecule has 2 aromatic heterocycles. The molecule has 0 saturated carbocycles. The lowest BCUT2D eigenvalue weighted by atomic mass is 10.3. The van der Waals surface area contributed by atoms with Crippen LogP contribution < -0.4 is 10.1 Å². The summed E-state index contributed by atoms with van der Waals surface area (Å²) in [6.07, 6.45) is 0. The van der Waals surface area contributed by atoms with Gasteiger partial charge < -0.3 is 14.8 Å². The average Bonchev–Trinajstić information content (AvgIpc) is 3.33. The summed E-state index contributed by atoms with van der Waals surface area (Å²) in [5.74, 6) is -0.679. The molecule has 1 N–H and O–H groups in total. The quantitative estimate of drug-likeness (QED) is 0.361. The van der Waals surface area contributed by atoms with E-state index in [2.05, 4.69) is 10.4 Å². The SMILES string of the molecule is COc1ccc(Cl)cc1NC(=O)COC(=O)c1cc2c(C)nn(-c3ccccc3Cl)c2s1. The molecule has 0 aliphatic heterocycles. The van der Waals surface area contributed by atoms with E-state index < -0.39 is 18.5 Å². The molecule has 0 atom stereocenters. The van der Waals surface area contributed by atoms with Crippen molar-refractivity contribution in [3.8, 4) is 11.4 Å². The smallest absolute Gasteiger partial charge is 0.348 e. The molecule has 4 aromatic rings. The Labute approximate surface area is 197 Å². The highest BCUT2D eigenvalue weighted by Crippen LogP contribution is 2.33. The third-order valence-corrected chi connectivity index (χ3v) is 6.24. The number of para-hydroxylation sites is 1. The molecule has 164 valence electrons. The minimum atomic E-state index is -0.607. The second kappa shape index (κ2) is 9.20. The molecule has 2 heterocycles. The average molecular weight is 490 g/mol. The molecule has 0 bridgehead atoms. The van der Waals surface area contributed by atoms with E-state index in [1.807, 2.05) is 25.1 Å². The lowest BCUT2D eigenvalue weighted by Crippen LogP contribution is -2.21. The van der Waals surface area contributed by atoms with Crippen molar-refractivity contribution in [2.45, 2.75) is 6.92 Å². The van der Waals surface area contributed by atoms with Crippen molar-refractivity contribution in [1.82, 2.24) is 9.78 Å². The predicted molar refractivity (Wildman–Crippen MR) is 126 cm³/mol. The van der Waals surface area contributed by atoms with Crippen molar-refractivity contribution in [1.29, 1.82) is 0 Å². The van der Waals surface area contributed by atoms with Gasteiger partial charge in [-0.25, -0.2) is 9.48 Å². The van der Waals surface area contributed by atoms with Crippen molar-refractivity contribution >= 4 is 62.3 Å². The fraction of sp³-hybridized carbons (Fsp3) is 0.136. The van der Waals surface area contributed by atoms with E-state index in [-0.39, 0.29) is 0 Å². The first-order chi connectivity index (χ1) is 15.4. The lowest BCUT2D eigenvalue weighted by molar-refractivity contribution is -0.119. The second-order valence-electron chi connectivity index (χ2n) is 6.75. The molecular formula is C22H17Cl2N3O4S. The Hall–Kier alpha value is -3.07. The van der Waals surface area contributed by atoms with Crippen LogP contribution in [0.4, 0.5) is 5.69 Å². The van der Waals surface area contributed by atoms with Crippen LogP contribution in [0.5, 0.6) is 5.75 Å². The summed E-state index contributed by atoms with van der Waals surface area (Å²) in [5, 5.41) is 8.95. The van der Waals surface area contributed by atoms with Crippen LogP contribution in [0.25, 0.3) is 15.9 Å². The third-order valence-electron chi connectivity index (χ3n) is 4.60. The number of anilines is 1. The maximum atomic E-state index is 12.6. The van der Waals surface area contributed by atoms with Gasteiger partial charge in [-0.15, -0.1) is 11.3 Å². The third kappa shape index (κ3) is 4.43. The number of nitrogens with one attached hydrogen (secondary N) is 1. The van der Waals surface area contributed by atoms with Crippen molar-refractivity contribution in [2.75, 3.05) is 19.0 Å². The largest absolute Gasteiger partial charge is 0.495 e. The van der Waals surface area contributed by atoms with E-state index in [9.17, 15) is 9.59 Å². The molecule has 0 fully saturated rings. The van der Waals surface area contributed by atoms with Crippen LogP contribution in [0.2, 0.25) is 10.0 Å². The minimum Gasteiger partial charge on any atom is -0.495 e. The first-order valence-electron chi connectivity index (χ1n) is 9.42. The van der Waals surface area contributed by atoms with Gasteiger partial charge in [0.15, 0.2) is 6.61 Å². The van der Waals surface area contributed by atoms with E-state index in [1.54, 1.807) is 35.0 Å². The summed E-state index contributed by atoms with van der Waals surface area (Å²) in [7, 11) is 1.48. The molecule has 0 spiro atoms. The monoisotopic (exact) mass is 489 g/mol. The number of thiophene rings is 1. The van der Waals surface area contributed by atoms with Crippen LogP contribution in [-0.4, -0.2) is 35.4 Å². The van der Waals surface area contributed by atoms with E-state index in [1.165, 1.54) is 18.4 Å². The predicted octanol–water partition coefficient (Wildman–Crippen LogP) is 5.51. The number of aromatic nitrogens is 2. The highest BCUT2D eigenvalue weighted by Gasteiger charge is 2.20. The number of methoxy groups -OCH3 is 1. The number of ether oxygens (including phenoxy) is 2. The normalized spacial score (nSPS) is 10.9. The topological polar surface area (TPSA) is 82.4 Å². The fourth-order valence-corrected chi connectivity index (χ4v) is 4.56. The molecule has 1 amide bonds. The summed E-state index contributed by atoms with van der Waals surface area (Å²) in [6.45, 7) is 1.39. The Balaban J connectivity index is 1.49. The minimum absolute atomic E-state index is 0.356. The molecule has 4 rings (SSSR count). The molecule has 32 heavy (non-hydrogen) atoms. The van der Waals surface area contributed by atoms with Gasteiger partial charge in [0.2, 0.25) is 0 Å². The van der Waals surface area contributed by atoms with Gasteiger partial charge in [-0.3, -0.25) is 4.79 Å². The number of fused-ring (bicyclic) bond motifs is 1. The van der Waals surface area contributed by atoms with Crippen molar-refractivity contribution in [3.63, 3.8) is 0 Å². The van der Waals surface area contributed by atoms with Gasteiger partial charge in [0, 0.05) is 10.4 Å². The molecule has 2 aromatic carbocycles. The first kappa shape index (κ1) is 22.1. The highest BCUT2D eigenvalue weighted by molar-refractivity contribution is 7.20. The van der Waals surface area contributed by atoms with Crippen molar-refractivity contribution in [3.05, 3.63) is 69.1 Å². The van der Waals surface area contributed by atoms with Crippen LogP contribution in [0.3, 0.4) is 0 Å². The van der Waals surface area contributed by atoms with Crippen LogP contribution >= 0.6 is 34.5 Å². The lowest BCUT2D eigenvalue weighted by Gasteiger charge is -2.10. The number of amides is 1. The van der Waals surface area contributed by atoms with Crippen LogP contribution in [0, 0.1) is 6.92 Å². The summed E-state index contributed by atoms with van der Waals surface area (Å²) in [5.41, 5.74) is 1.85. The Morgan fingerprint density at radius 2 is 1.94 bits per heavy atom. The zero-order valence-corrected chi connectivity index (χ0v) is 19.3. The molecule has 0 saturated heterocycles.